The summed E-state index contributed by atoms with van der Waals surface area (Å²) in [6.07, 6.45) is 9.31. The number of nitrogens with zero attached hydrogens (tertiary/aromatic N) is 2. The standard InChI is InChI=1S/C29H36N4O4S/c1-28(8-9-28)20-33-14-7-22-24(3-2-4-25(22)33)30-27(35)23-6-5-21(31-38(36,37)18-17-34)19-26(23)32-15-12-29(10-11-29)13-16-32/h2-7,14,19,31,34H,8-13,15-18,20H2,1H3,(H,30,35). The van der Waals surface area contributed by atoms with E-state index in [-0.39, 0.29) is 11.7 Å². The molecule has 3 aliphatic rings. The minimum absolute atomic E-state index is 0.217. The van der Waals surface area contributed by atoms with Crippen molar-refractivity contribution in [2.75, 3.05) is 40.4 Å². The fraction of sp³-hybridized carbons (Fsp3) is 0.483. The van der Waals surface area contributed by atoms with E-state index in [9.17, 15) is 13.2 Å². The van der Waals surface area contributed by atoms with Gasteiger partial charge in [-0.1, -0.05) is 13.0 Å². The van der Waals surface area contributed by atoms with Crippen LogP contribution in [-0.4, -0.2) is 49.4 Å². The Labute approximate surface area is 224 Å². The molecular weight excluding hydrogens is 500 g/mol. The lowest BCUT2D eigenvalue weighted by Crippen LogP contribution is -2.35. The molecule has 202 valence electrons. The molecule has 2 heterocycles. The van der Waals surface area contributed by atoms with Crippen LogP contribution in [0.2, 0.25) is 0 Å². The first kappa shape index (κ1) is 25.2. The Bertz CT molecular complexity index is 1480. The Kier molecular flexibility index (Phi) is 6.18. The monoisotopic (exact) mass is 536 g/mol. The number of aromatic nitrogens is 1. The molecule has 1 spiro atoms. The van der Waals surface area contributed by atoms with Gasteiger partial charge in [-0.2, -0.15) is 0 Å². The Morgan fingerprint density at radius 1 is 1.03 bits per heavy atom. The molecule has 38 heavy (non-hydrogen) atoms. The second kappa shape index (κ2) is 9.31. The molecule has 1 amide bonds. The van der Waals surface area contributed by atoms with Gasteiger partial charge >= 0.3 is 0 Å². The summed E-state index contributed by atoms with van der Waals surface area (Å²) < 4.78 is 29.4. The van der Waals surface area contributed by atoms with Gasteiger partial charge in [0.25, 0.3) is 5.91 Å². The van der Waals surface area contributed by atoms with E-state index in [0.717, 1.165) is 54.8 Å². The number of aliphatic hydroxyl groups is 1. The van der Waals surface area contributed by atoms with Crippen molar-refractivity contribution in [3.8, 4) is 0 Å². The van der Waals surface area contributed by atoms with Gasteiger partial charge in [0.2, 0.25) is 10.0 Å². The number of hydrogen-bond acceptors (Lipinski definition) is 5. The largest absolute Gasteiger partial charge is 0.395 e. The van der Waals surface area contributed by atoms with Gasteiger partial charge in [0.15, 0.2) is 0 Å². The molecule has 8 nitrogen and oxygen atoms in total. The fourth-order valence-corrected chi connectivity index (χ4v) is 6.57. The van der Waals surface area contributed by atoms with E-state index >= 15 is 0 Å². The van der Waals surface area contributed by atoms with Gasteiger partial charge in [-0.05, 0) is 85.8 Å². The summed E-state index contributed by atoms with van der Waals surface area (Å²) in [7, 11) is -3.67. The van der Waals surface area contributed by atoms with Crippen LogP contribution in [-0.2, 0) is 16.6 Å². The van der Waals surface area contributed by atoms with Crippen molar-refractivity contribution >= 4 is 43.9 Å². The molecule has 3 aromatic rings. The van der Waals surface area contributed by atoms with Crippen LogP contribution in [0, 0.1) is 10.8 Å². The number of hydrogen-bond donors (Lipinski definition) is 3. The molecule has 1 aromatic heterocycles. The molecule has 0 radical (unpaired) electrons. The number of rotatable bonds is 9. The Hall–Kier alpha value is -3.04. The van der Waals surface area contributed by atoms with E-state index in [4.69, 9.17) is 5.11 Å². The normalized spacial score (nSPS) is 19.5. The fourth-order valence-electron chi connectivity index (χ4n) is 5.74. The molecule has 6 rings (SSSR count). The predicted octanol–water partition coefficient (Wildman–Crippen LogP) is 4.81. The quantitative estimate of drug-likeness (QED) is 0.364. The topological polar surface area (TPSA) is 104 Å². The zero-order valence-electron chi connectivity index (χ0n) is 21.9. The number of carbonyl (C=O) groups is 1. The van der Waals surface area contributed by atoms with Gasteiger partial charge in [0.1, 0.15) is 0 Å². The van der Waals surface area contributed by atoms with E-state index in [0.29, 0.717) is 22.1 Å². The maximum Gasteiger partial charge on any atom is 0.257 e. The number of amides is 1. The Morgan fingerprint density at radius 3 is 2.47 bits per heavy atom. The highest BCUT2D eigenvalue weighted by Crippen LogP contribution is 2.54. The number of anilines is 3. The van der Waals surface area contributed by atoms with Crippen LogP contribution in [0.5, 0.6) is 0 Å². The molecular formula is C29H36N4O4S. The molecule has 9 heteroatoms. The maximum atomic E-state index is 13.7. The van der Waals surface area contributed by atoms with Crippen molar-refractivity contribution in [1.29, 1.82) is 0 Å². The predicted molar refractivity (Wildman–Crippen MR) is 151 cm³/mol. The zero-order valence-corrected chi connectivity index (χ0v) is 22.7. The number of aliphatic hydroxyl groups excluding tert-OH is 1. The second-order valence-corrected chi connectivity index (χ2v) is 13.7. The number of nitrogens with one attached hydrogen (secondary N) is 2. The van der Waals surface area contributed by atoms with E-state index in [1.807, 2.05) is 12.1 Å². The number of sulfonamides is 1. The third kappa shape index (κ3) is 5.14. The highest BCUT2D eigenvalue weighted by Gasteiger charge is 2.44. The summed E-state index contributed by atoms with van der Waals surface area (Å²) in [5, 5.41) is 13.3. The first-order chi connectivity index (χ1) is 18.2. The summed E-state index contributed by atoms with van der Waals surface area (Å²) in [5.41, 5.74) is 4.35. The zero-order chi connectivity index (χ0) is 26.5. The Balaban J connectivity index is 1.29. The van der Waals surface area contributed by atoms with Crippen molar-refractivity contribution in [3.63, 3.8) is 0 Å². The average molecular weight is 537 g/mol. The van der Waals surface area contributed by atoms with E-state index in [2.05, 4.69) is 44.8 Å². The Morgan fingerprint density at radius 2 is 1.79 bits per heavy atom. The lowest BCUT2D eigenvalue weighted by atomic mass is 9.93. The SMILES string of the molecule is CC1(Cn2ccc3c(NC(=O)c4ccc(NS(=O)(=O)CCO)cc4N4CCC5(CC4)CC5)cccc32)CC1. The van der Waals surface area contributed by atoms with Gasteiger partial charge in [-0.15, -0.1) is 0 Å². The van der Waals surface area contributed by atoms with Gasteiger partial charge in [-0.3, -0.25) is 9.52 Å². The lowest BCUT2D eigenvalue weighted by Gasteiger charge is -2.35. The summed E-state index contributed by atoms with van der Waals surface area (Å²) in [6, 6.07) is 13.1. The van der Waals surface area contributed by atoms with Gasteiger partial charge in [-0.25, -0.2) is 8.42 Å². The molecule has 0 atom stereocenters. The third-order valence-corrected chi connectivity index (χ3v) is 9.98. The van der Waals surface area contributed by atoms with Crippen molar-refractivity contribution in [2.24, 2.45) is 10.8 Å². The number of piperidine rings is 1. The molecule has 0 unspecified atom stereocenters. The van der Waals surface area contributed by atoms with Gasteiger partial charge < -0.3 is 19.9 Å². The van der Waals surface area contributed by atoms with Crippen LogP contribution in [0.15, 0.2) is 48.7 Å². The number of fused-ring (bicyclic) bond motifs is 1. The van der Waals surface area contributed by atoms with Gasteiger partial charge in [0, 0.05) is 31.2 Å². The molecule has 1 saturated heterocycles. The van der Waals surface area contributed by atoms with E-state index in [1.54, 1.807) is 18.2 Å². The van der Waals surface area contributed by atoms with Crippen LogP contribution >= 0.6 is 0 Å². The number of benzene rings is 2. The van der Waals surface area contributed by atoms with Crippen LogP contribution in [0.25, 0.3) is 10.9 Å². The van der Waals surface area contributed by atoms with Crippen LogP contribution in [0.4, 0.5) is 17.1 Å². The molecule has 2 aromatic carbocycles. The van der Waals surface area contributed by atoms with Gasteiger partial charge in [0.05, 0.1) is 40.5 Å². The maximum absolute atomic E-state index is 13.7. The molecule has 0 bridgehead atoms. The molecule has 2 saturated carbocycles. The highest BCUT2D eigenvalue weighted by atomic mass is 32.2. The molecule has 2 aliphatic carbocycles. The minimum atomic E-state index is -3.67. The van der Waals surface area contributed by atoms with Crippen molar-refractivity contribution < 1.29 is 18.3 Å². The summed E-state index contributed by atoms with van der Waals surface area (Å²) in [4.78, 5) is 15.9. The average Bonchev–Trinajstić information content (AvgIpc) is 3.77. The first-order valence-corrected chi connectivity index (χ1v) is 15.2. The van der Waals surface area contributed by atoms with Crippen LogP contribution < -0.4 is 14.9 Å². The summed E-state index contributed by atoms with van der Waals surface area (Å²) >= 11 is 0. The smallest absolute Gasteiger partial charge is 0.257 e. The first-order valence-electron chi connectivity index (χ1n) is 13.6. The van der Waals surface area contributed by atoms with E-state index < -0.39 is 16.6 Å². The third-order valence-electron chi connectivity index (χ3n) is 8.72. The lowest BCUT2D eigenvalue weighted by molar-refractivity contribution is 0.102. The molecule has 3 N–H and O–H groups in total. The van der Waals surface area contributed by atoms with Crippen LogP contribution in [0.1, 0.15) is 55.8 Å². The molecule has 1 aliphatic heterocycles. The summed E-state index contributed by atoms with van der Waals surface area (Å²) in [6.45, 7) is 4.51. The number of carbonyl (C=O) groups excluding carboxylic acids is 1. The minimum Gasteiger partial charge on any atom is -0.395 e. The second-order valence-electron chi connectivity index (χ2n) is 11.8. The van der Waals surface area contributed by atoms with Crippen molar-refractivity contribution in [2.45, 2.75) is 52.0 Å². The van der Waals surface area contributed by atoms with Crippen molar-refractivity contribution in [3.05, 3.63) is 54.2 Å². The van der Waals surface area contributed by atoms with Crippen LogP contribution in [0.3, 0.4) is 0 Å². The summed E-state index contributed by atoms with van der Waals surface area (Å²) in [5.74, 6) is -0.592. The highest BCUT2D eigenvalue weighted by molar-refractivity contribution is 7.92. The molecule has 3 fully saturated rings. The van der Waals surface area contributed by atoms with Crippen molar-refractivity contribution in [1.82, 2.24) is 4.57 Å². The van der Waals surface area contributed by atoms with E-state index in [1.165, 1.54) is 25.7 Å².